The molecule has 4 heterocycles. The molecule has 7 heteroatoms. The smallest absolute Gasteiger partial charge is 0.247 e. The SMILES string of the molecule is Cc1ccc(-n2nnnc2NCC2CN3CCN2CC3)cc1. The van der Waals surface area contributed by atoms with Crippen LogP contribution in [0.2, 0.25) is 0 Å². The molecule has 1 aromatic heterocycles. The summed E-state index contributed by atoms with van der Waals surface area (Å²) in [7, 11) is 0. The predicted molar refractivity (Wildman–Crippen MR) is 84.2 cm³/mol. The summed E-state index contributed by atoms with van der Waals surface area (Å²) in [4.78, 5) is 5.10. The van der Waals surface area contributed by atoms with E-state index in [9.17, 15) is 0 Å². The van der Waals surface area contributed by atoms with Gasteiger partial charge in [0, 0.05) is 45.3 Å². The second kappa shape index (κ2) is 5.66. The molecule has 3 aliphatic heterocycles. The minimum absolute atomic E-state index is 0.547. The van der Waals surface area contributed by atoms with Crippen LogP contribution in [0.3, 0.4) is 0 Å². The van der Waals surface area contributed by atoms with E-state index in [-0.39, 0.29) is 0 Å². The van der Waals surface area contributed by atoms with Gasteiger partial charge in [-0.3, -0.25) is 9.80 Å². The molecule has 1 aromatic carbocycles. The summed E-state index contributed by atoms with van der Waals surface area (Å²) < 4.78 is 1.76. The van der Waals surface area contributed by atoms with Crippen LogP contribution in [0, 0.1) is 6.92 Å². The van der Waals surface area contributed by atoms with Crippen molar-refractivity contribution in [2.45, 2.75) is 13.0 Å². The zero-order valence-corrected chi connectivity index (χ0v) is 12.8. The second-order valence-corrected chi connectivity index (χ2v) is 6.12. The predicted octanol–water partition coefficient (Wildman–Crippen LogP) is 0.382. The molecule has 3 saturated heterocycles. The molecule has 116 valence electrons. The van der Waals surface area contributed by atoms with Crippen molar-refractivity contribution in [3.05, 3.63) is 29.8 Å². The van der Waals surface area contributed by atoms with Crippen molar-refractivity contribution in [3.63, 3.8) is 0 Å². The maximum absolute atomic E-state index is 4.12. The van der Waals surface area contributed by atoms with Gasteiger partial charge in [-0.1, -0.05) is 22.8 Å². The molecule has 7 nitrogen and oxygen atoms in total. The number of benzene rings is 1. The van der Waals surface area contributed by atoms with Crippen LogP contribution >= 0.6 is 0 Å². The second-order valence-electron chi connectivity index (χ2n) is 6.12. The van der Waals surface area contributed by atoms with Crippen LogP contribution in [0.25, 0.3) is 5.69 Å². The molecule has 3 fully saturated rings. The number of nitrogens with one attached hydrogen (secondary N) is 1. The van der Waals surface area contributed by atoms with E-state index >= 15 is 0 Å². The molecule has 5 rings (SSSR count). The lowest BCUT2D eigenvalue weighted by Gasteiger charge is -2.47. The maximum Gasteiger partial charge on any atom is 0.247 e. The van der Waals surface area contributed by atoms with Crippen molar-refractivity contribution in [1.29, 1.82) is 0 Å². The monoisotopic (exact) mass is 299 g/mol. The first-order valence-electron chi connectivity index (χ1n) is 7.85. The van der Waals surface area contributed by atoms with Crippen molar-refractivity contribution in [2.24, 2.45) is 0 Å². The van der Waals surface area contributed by atoms with Crippen LogP contribution in [0.15, 0.2) is 24.3 Å². The van der Waals surface area contributed by atoms with Gasteiger partial charge in [0.1, 0.15) is 0 Å². The number of tetrazole rings is 1. The van der Waals surface area contributed by atoms with Crippen LogP contribution in [-0.4, -0.2) is 75.3 Å². The highest BCUT2D eigenvalue weighted by Crippen LogP contribution is 2.17. The molecule has 0 spiro atoms. The van der Waals surface area contributed by atoms with Crippen LogP contribution < -0.4 is 5.32 Å². The van der Waals surface area contributed by atoms with Gasteiger partial charge in [-0.25, -0.2) is 0 Å². The number of hydrogen-bond donors (Lipinski definition) is 1. The van der Waals surface area contributed by atoms with Crippen molar-refractivity contribution in [2.75, 3.05) is 44.6 Å². The molecule has 1 unspecified atom stereocenters. The number of piperazine rings is 3. The standard InChI is InChI=1S/C15H21N7/c1-12-2-4-13(5-3-12)22-15(17-18-19-22)16-10-14-11-20-6-8-21(14)9-7-20/h2-5,14H,6-11H2,1H3,(H,16,17,19). The van der Waals surface area contributed by atoms with E-state index in [1.807, 2.05) is 12.1 Å². The zero-order valence-electron chi connectivity index (χ0n) is 12.8. The number of fused-ring (bicyclic) bond motifs is 3. The Balaban J connectivity index is 1.45. The van der Waals surface area contributed by atoms with Gasteiger partial charge in [0.25, 0.3) is 0 Å². The molecule has 0 radical (unpaired) electrons. The first kappa shape index (κ1) is 13.7. The van der Waals surface area contributed by atoms with E-state index in [0.29, 0.717) is 12.0 Å². The lowest BCUT2D eigenvalue weighted by Crippen LogP contribution is -2.62. The molecule has 0 saturated carbocycles. The van der Waals surface area contributed by atoms with Gasteiger partial charge >= 0.3 is 0 Å². The molecule has 0 amide bonds. The Bertz CT molecular complexity index is 628. The van der Waals surface area contributed by atoms with Crippen LogP contribution in [0.5, 0.6) is 0 Å². The summed E-state index contributed by atoms with van der Waals surface area (Å²) in [5.74, 6) is 0.710. The number of nitrogens with zero attached hydrogens (tertiary/aromatic N) is 6. The summed E-state index contributed by atoms with van der Waals surface area (Å²) in [6.07, 6.45) is 0. The fraction of sp³-hybridized carbons (Fsp3) is 0.533. The van der Waals surface area contributed by atoms with Gasteiger partial charge in [-0.05, 0) is 29.5 Å². The minimum atomic E-state index is 0.547. The molecule has 0 aliphatic carbocycles. The largest absolute Gasteiger partial charge is 0.351 e. The van der Waals surface area contributed by atoms with Crippen LogP contribution in [-0.2, 0) is 0 Å². The molecule has 2 bridgehead atoms. The quantitative estimate of drug-likeness (QED) is 0.881. The molecule has 1 N–H and O–H groups in total. The normalized spacial score (nSPS) is 27.0. The van der Waals surface area contributed by atoms with Gasteiger partial charge in [0.15, 0.2) is 0 Å². The van der Waals surface area contributed by atoms with Crippen LogP contribution in [0.4, 0.5) is 5.95 Å². The summed E-state index contributed by atoms with van der Waals surface area (Å²) in [5.41, 5.74) is 2.21. The van der Waals surface area contributed by atoms with E-state index in [4.69, 9.17) is 0 Å². The van der Waals surface area contributed by atoms with Gasteiger partial charge in [-0.15, -0.1) is 0 Å². The van der Waals surface area contributed by atoms with Crippen LogP contribution in [0.1, 0.15) is 5.56 Å². The molecule has 3 aliphatic rings. The third kappa shape index (κ3) is 2.57. The fourth-order valence-electron chi connectivity index (χ4n) is 3.28. The highest BCUT2D eigenvalue weighted by Gasteiger charge is 2.31. The maximum atomic E-state index is 4.12. The number of anilines is 1. The van der Waals surface area contributed by atoms with Gasteiger partial charge < -0.3 is 5.32 Å². The molecular formula is C15H21N7. The van der Waals surface area contributed by atoms with Crippen molar-refractivity contribution >= 4 is 5.95 Å². The Labute approximate surface area is 129 Å². The van der Waals surface area contributed by atoms with E-state index in [0.717, 1.165) is 18.8 Å². The topological polar surface area (TPSA) is 62.1 Å². The van der Waals surface area contributed by atoms with E-state index in [1.54, 1.807) is 4.68 Å². The number of aromatic nitrogens is 4. The first-order valence-corrected chi connectivity index (χ1v) is 7.85. The van der Waals surface area contributed by atoms with Crippen molar-refractivity contribution in [3.8, 4) is 5.69 Å². The Morgan fingerprint density at radius 3 is 2.59 bits per heavy atom. The third-order valence-electron chi connectivity index (χ3n) is 4.64. The summed E-state index contributed by atoms with van der Waals surface area (Å²) in [6.45, 7) is 8.85. The van der Waals surface area contributed by atoms with E-state index < -0.39 is 0 Å². The summed E-state index contributed by atoms with van der Waals surface area (Å²) >= 11 is 0. The van der Waals surface area contributed by atoms with E-state index in [2.05, 4.69) is 49.7 Å². The number of hydrogen-bond acceptors (Lipinski definition) is 6. The Morgan fingerprint density at radius 2 is 1.91 bits per heavy atom. The minimum Gasteiger partial charge on any atom is -0.351 e. The highest BCUT2D eigenvalue weighted by molar-refractivity contribution is 5.40. The third-order valence-corrected chi connectivity index (χ3v) is 4.64. The average Bonchev–Trinajstić information content (AvgIpc) is 3.03. The number of aryl methyl sites for hydroxylation is 1. The van der Waals surface area contributed by atoms with Gasteiger partial charge in [0.05, 0.1) is 5.69 Å². The van der Waals surface area contributed by atoms with Crippen molar-refractivity contribution in [1.82, 2.24) is 30.0 Å². The zero-order chi connectivity index (χ0) is 14.9. The molecule has 2 aromatic rings. The Hall–Kier alpha value is -1.99. The highest BCUT2D eigenvalue weighted by atomic mass is 15.6. The van der Waals surface area contributed by atoms with Gasteiger partial charge in [-0.2, -0.15) is 4.68 Å². The first-order chi connectivity index (χ1) is 10.8. The fourth-order valence-corrected chi connectivity index (χ4v) is 3.28. The lowest BCUT2D eigenvalue weighted by atomic mass is 10.1. The van der Waals surface area contributed by atoms with E-state index in [1.165, 1.54) is 31.7 Å². The molecule has 1 atom stereocenters. The Morgan fingerprint density at radius 1 is 1.14 bits per heavy atom. The van der Waals surface area contributed by atoms with Gasteiger partial charge in [0.2, 0.25) is 5.95 Å². The Kier molecular flexibility index (Phi) is 3.51. The summed E-state index contributed by atoms with van der Waals surface area (Å²) in [6, 6.07) is 8.76. The van der Waals surface area contributed by atoms with Crippen molar-refractivity contribution < 1.29 is 0 Å². The number of rotatable bonds is 4. The lowest BCUT2D eigenvalue weighted by molar-refractivity contribution is 0.0189. The average molecular weight is 299 g/mol. The molecular weight excluding hydrogens is 278 g/mol. The molecule has 22 heavy (non-hydrogen) atoms. The summed E-state index contributed by atoms with van der Waals surface area (Å²) in [5, 5.41) is 15.4.